The zero-order chi connectivity index (χ0) is 29.4. The van der Waals surface area contributed by atoms with E-state index < -0.39 is 31.6 Å². The summed E-state index contributed by atoms with van der Waals surface area (Å²) in [4.78, 5) is 31.5. The van der Waals surface area contributed by atoms with Gasteiger partial charge in [0.25, 0.3) is 5.91 Å². The molecule has 2 amide bonds. The van der Waals surface area contributed by atoms with E-state index in [-0.39, 0.29) is 31.4 Å². The smallest absolute Gasteiger partial charge is 0.264 e. The average Bonchev–Trinajstić information content (AvgIpc) is 3.36. The van der Waals surface area contributed by atoms with Gasteiger partial charge in [-0.2, -0.15) is 0 Å². The first kappa shape index (κ1) is 29.9. The van der Waals surface area contributed by atoms with Gasteiger partial charge in [-0.25, -0.2) is 0 Å². The van der Waals surface area contributed by atoms with E-state index in [0.29, 0.717) is 13.1 Å². The first-order valence-corrected chi connectivity index (χ1v) is 18.0. The van der Waals surface area contributed by atoms with Crippen LogP contribution in [0.5, 0.6) is 0 Å². The third kappa shape index (κ3) is 5.73. The second kappa shape index (κ2) is 11.9. The maximum Gasteiger partial charge on any atom is 0.264 e. The van der Waals surface area contributed by atoms with Gasteiger partial charge in [0.1, 0.15) is 0 Å². The van der Waals surface area contributed by atoms with Crippen molar-refractivity contribution < 1.29 is 23.5 Å². The number of aliphatic hydroxyl groups is 1. The van der Waals surface area contributed by atoms with E-state index in [1.807, 2.05) is 85.8 Å². The van der Waals surface area contributed by atoms with Crippen LogP contribution in [0.25, 0.3) is 0 Å². The molecule has 1 spiro atoms. The maximum atomic E-state index is 16.2. The predicted molar refractivity (Wildman–Crippen MR) is 168 cm³/mol. The predicted octanol–water partition coefficient (Wildman–Crippen LogP) is 6.02. The van der Waals surface area contributed by atoms with E-state index in [1.165, 1.54) is 0 Å². The van der Waals surface area contributed by atoms with Crippen molar-refractivity contribution >= 4 is 48.5 Å². The zero-order valence-corrected chi connectivity index (χ0v) is 26.8. The topological polar surface area (TPSA) is 70.1 Å². The fourth-order valence-electron chi connectivity index (χ4n) is 6.66. The Labute approximate surface area is 255 Å². The molecule has 0 aromatic heterocycles. The average molecular weight is 687 g/mol. The molecule has 9 heteroatoms. The number of carbonyl (C=O) groups is 2. The Bertz CT molecular complexity index is 1400. The number of hydrogen-bond donors (Lipinski definition) is 1. The van der Waals surface area contributed by atoms with Gasteiger partial charge in [-0.1, -0.05) is 67.6 Å². The van der Waals surface area contributed by atoms with Crippen molar-refractivity contribution in [3.8, 4) is 0 Å². The van der Waals surface area contributed by atoms with Crippen LogP contribution >= 0.6 is 22.6 Å². The molecule has 0 radical (unpaired) electrons. The number of amides is 2. The molecule has 0 unspecified atom stereocenters. The molecule has 2 aliphatic rings. The minimum absolute atomic E-state index is 0.0604. The fourth-order valence-corrected chi connectivity index (χ4v) is 9.65. The van der Waals surface area contributed by atoms with Gasteiger partial charge in [0, 0.05) is 33.7 Å². The van der Waals surface area contributed by atoms with Crippen molar-refractivity contribution in [3.63, 3.8) is 0 Å². The molecule has 41 heavy (non-hydrogen) atoms. The highest BCUT2D eigenvalue weighted by molar-refractivity contribution is 14.1. The molecule has 0 bridgehead atoms. The second-order valence-corrected chi connectivity index (χ2v) is 16.6. The largest absolute Gasteiger partial charge is 0.395 e. The summed E-state index contributed by atoms with van der Waals surface area (Å²) in [7, 11) is -3.42. The standard InChI is InChI=1S/C32H36FIN2O4Si/c1-22-30(41(2,3)33)28(19-29(38)35(16-17-37)20-23-10-6-4-7-11-23)40-32(22)26-18-25(34)14-15-27(26)36(31(32)39)21-24-12-8-5-9-13-24/h4-15,18,22,28,30,37H,16-17,19-21H2,1-3H3/t22-,28+,30-,32+/m0/s1. The Morgan fingerprint density at radius 1 is 1.07 bits per heavy atom. The number of ether oxygens (including phenoxy) is 1. The molecule has 216 valence electrons. The third-order valence-electron chi connectivity index (χ3n) is 8.42. The summed E-state index contributed by atoms with van der Waals surface area (Å²) in [6, 6.07) is 25.2. The third-order valence-corrected chi connectivity index (χ3v) is 11.5. The summed E-state index contributed by atoms with van der Waals surface area (Å²) >= 11 is 2.23. The molecule has 6 nitrogen and oxygen atoms in total. The maximum absolute atomic E-state index is 16.2. The van der Waals surface area contributed by atoms with Crippen LogP contribution in [-0.2, 0) is 33.0 Å². The van der Waals surface area contributed by atoms with Crippen LogP contribution in [0.4, 0.5) is 9.80 Å². The number of halogens is 2. The van der Waals surface area contributed by atoms with Crippen LogP contribution in [0.2, 0.25) is 18.6 Å². The van der Waals surface area contributed by atoms with Crippen molar-refractivity contribution in [3.05, 3.63) is 99.1 Å². The van der Waals surface area contributed by atoms with E-state index in [1.54, 1.807) is 22.9 Å². The highest BCUT2D eigenvalue weighted by atomic mass is 127. The van der Waals surface area contributed by atoms with Crippen molar-refractivity contribution in [1.82, 2.24) is 4.90 Å². The molecule has 5 rings (SSSR count). The quantitative estimate of drug-likeness (QED) is 0.170. The number of aliphatic hydroxyl groups excluding tert-OH is 1. The SMILES string of the molecule is C[C@H]1[C@H]([Si](C)(C)F)[C@@H](CC(=O)N(CCO)Cc2ccccc2)O[C@]12C(=O)N(Cc1ccccc1)c1ccc(I)cc12. The highest BCUT2D eigenvalue weighted by Crippen LogP contribution is 2.60. The molecule has 3 aromatic rings. The molecule has 0 saturated carbocycles. The molecule has 1 fully saturated rings. The summed E-state index contributed by atoms with van der Waals surface area (Å²) in [6.45, 7) is 5.87. The number of fused-ring (bicyclic) bond motifs is 2. The van der Waals surface area contributed by atoms with E-state index in [4.69, 9.17) is 4.74 Å². The number of anilines is 1. The molecule has 2 aliphatic heterocycles. The number of carbonyl (C=O) groups excluding carboxylic acids is 2. The second-order valence-electron chi connectivity index (χ2n) is 11.5. The minimum Gasteiger partial charge on any atom is -0.395 e. The molecule has 2 heterocycles. The van der Waals surface area contributed by atoms with Gasteiger partial charge >= 0.3 is 0 Å². The molecular weight excluding hydrogens is 650 g/mol. The molecule has 0 aliphatic carbocycles. The number of rotatable bonds is 9. The first-order chi connectivity index (χ1) is 19.6. The summed E-state index contributed by atoms with van der Waals surface area (Å²) < 4.78 is 23.9. The van der Waals surface area contributed by atoms with E-state index in [0.717, 1.165) is 25.9 Å². The van der Waals surface area contributed by atoms with Gasteiger partial charge < -0.3 is 23.8 Å². The van der Waals surface area contributed by atoms with Crippen LogP contribution in [0.3, 0.4) is 0 Å². The Morgan fingerprint density at radius 3 is 2.32 bits per heavy atom. The first-order valence-electron chi connectivity index (χ1n) is 14.0. The molecular formula is C32H36FIN2O4Si. The van der Waals surface area contributed by atoms with Crippen LogP contribution in [-0.4, -0.2) is 49.5 Å². The normalized spacial score (nSPS) is 23.7. The monoisotopic (exact) mass is 686 g/mol. The van der Waals surface area contributed by atoms with Gasteiger partial charge in [0.15, 0.2) is 5.60 Å². The lowest BCUT2D eigenvalue weighted by atomic mass is 9.82. The number of hydrogen-bond acceptors (Lipinski definition) is 4. The molecule has 3 aromatic carbocycles. The molecule has 1 N–H and O–H groups in total. The Kier molecular flexibility index (Phi) is 8.70. The Morgan fingerprint density at radius 2 is 1.71 bits per heavy atom. The fraction of sp³-hybridized carbons (Fsp3) is 0.375. The van der Waals surface area contributed by atoms with Gasteiger partial charge in [0.2, 0.25) is 14.3 Å². The van der Waals surface area contributed by atoms with Gasteiger partial charge in [-0.3, -0.25) is 9.59 Å². The molecule has 4 atom stereocenters. The van der Waals surface area contributed by atoms with Gasteiger partial charge in [-0.05, 0) is 65.0 Å². The van der Waals surface area contributed by atoms with Crippen LogP contribution < -0.4 is 4.90 Å². The van der Waals surface area contributed by atoms with Crippen LogP contribution in [0, 0.1) is 9.49 Å². The van der Waals surface area contributed by atoms with E-state index >= 15 is 4.11 Å². The highest BCUT2D eigenvalue weighted by Gasteiger charge is 2.67. The summed E-state index contributed by atoms with van der Waals surface area (Å²) in [5, 5.41) is 9.71. The van der Waals surface area contributed by atoms with E-state index in [2.05, 4.69) is 22.6 Å². The van der Waals surface area contributed by atoms with Crippen molar-refractivity contribution in [2.24, 2.45) is 5.92 Å². The van der Waals surface area contributed by atoms with Gasteiger partial charge in [-0.15, -0.1) is 0 Å². The number of benzene rings is 3. The zero-order valence-electron chi connectivity index (χ0n) is 23.6. The van der Waals surface area contributed by atoms with Crippen LogP contribution in [0.15, 0.2) is 78.9 Å². The summed E-state index contributed by atoms with van der Waals surface area (Å²) in [5.74, 6) is -0.909. The van der Waals surface area contributed by atoms with Gasteiger partial charge in [0.05, 0.1) is 31.4 Å². The number of nitrogens with zero attached hydrogens (tertiary/aromatic N) is 2. The molecule has 1 saturated heterocycles. The van der Waals surface area contributed by atoms with Crippen LogP contribution in [0.1, 0.15) is 30.0 Å². The Balaban J connectivity index is 1.50. The van der Waals surface area contributed by atoms with Crippen molar-refractivity contribution in [1.29, 1.82) is 0 Å². The summed E-state index contributed by atoms with van der Waals surface area (Å²) in [6.07, 6.45) is -0.831. The Hall–Kier alpha value is -2.60. The lowest BCUT2D eigenvalue weighted by Crippen LogP contribution is -2.45. The summed E-state index contributed by atoms with van der Waals surface area (Å²) in [5.41, 5.74) is 1.48. The lowest BCUT2D eigenvalue weighted by molar-refractivity contribution is -0.150. The van der Waals surface area contributed by atoms with Crippen molar-refractivity contribution in [2.45, 2.75) is 56.8 Å². The van der Waals surface area contributed by atoms with Crippen molar-refractivity contribution in [2.75, 3.05) is 18.1 Å². The van der Waals surface area contributed by atoms with E-state index in [9.17, 15) is 14.7 Å². The minimum atomic E-state index is -3.42. The lowest BCUT2D eigenvalue weighted by Gasteiger charge is -2.31.